The number of carbonyl (C=O) groups is 1. The molecule has 3 aromatic rings. The Labute approximate surface area is 146 Å². The zero-order valence-corrected chi connectivity index (χ0v) is 14.5. The van der Waals surface area contributed by atoms with Crippen LogP contribution in [0, 0.1) is 6.92 Å². The minimum Gasteiger partial charge on any atom is -0.490 e. The van der Waals surface area contributed by atoms with E-state index in [1.165, 1.54) is 5.56 Å². The van der Waals surface area contributed by atoms with Gasteiger partial charge in [0.05, 0.1) is 12.1 Å². The Morgan fingerprint density at radius 2 is 2.28 bits per heavy atom. The number of amides is 1. The number of aromatic nitrogens is 2. The standard InChI is InChI=1S/C20H21N3O2/c1-13-4-3-7-23-17(12-22-20(13)23)10-19(24)21-11-15-5-6-18-16(9-15)8-14(2)25-18/h3-7,9,12,14H,8,10-11H2,1-2H3,(H,21,24)/t14-/m1/s1. The van der Waals surface area contributed by atoms with Crippen LogP contribution in [-0.2, 0) is 24.2 Å². The van der Waals surface area contributed by atoms with E-state index < -0.39 is 0 Å². The molecule has 1 amide bonds. The number of pyridine rings is 1. The van der Waals surface area contributed by atoms with Gasteiger partial charge in [-0.2, -0.15) is 0 Å². The van der Waals surface area contributed by atoms with Crippen molar-refractivity contribution in [1.82, 2.24) is 14.7 Å². The molecule has 0 bridgehead atoms. The molecular weight excluding hydrogens is 314 g/mol. The number of rotatable bonds is 4. The summed E-state index contributed by atoms with van der Waals surface area (Å²) in [7, 11) is 0. The van der Waals surface area contributed by atoms with Crippen LogP contribution in [-0.4, -0.2) is 21.4 Å². The predicted octanol–water partition coefficient (Wildman–Crippen LogP) is 2.83. The van der Waals surface area contributed by atoms with Gasteiger partial charge in [-0.15, -0.1) is 0 Å². The Morgan fingerprint density at radius 3 is 3.16 bits per heavy atom. The number of carbonyl (C=O) groups excluding carboxylic acids is 1. The van der Waals surface area contributed by atoms with Crippen LogP contribution < -0.4 is 10.1 Å². The van der Waals surface area contributed by atoms with Crippen molar-refractivity contribution in [2.75, 3.05) is 0 Å². The lowest BCUT2D eigenvalue weighted by atomic mass is 10.1. The molecule has 1 aliphatic rings. The molecule has 0 spiro atoms. The lowest BCUT2D eigenvalue weighted by molar-refractivity contribution is -0.120. The molecule has 5 nitrogen and oxygen atoms in total. The SMILES string of the molecule is Cc1cccn2c(CC(=O)NCc3ccc4c(c3)C[C@@H](C)O4)cnc12. The molecule has 5 heteroatoms. The number of fused-ring (bicyclic) bond motifs is 2. The van der Waals surface area contributed by atoms with Crippen molar-refractivity contribution in [2.24, 2.45) is 0 Å². The third-order valence-corrected chi connectivity index (χ3v) is 4.60. The highest BCUT2D eigenvalue weighted by Crippen LogP contribution is 2.29. The summed E-state index contributed by atoms with van der Waals surface area (Å²) in [6.45, 7) is 4.61. The van der Waals surface area contributed by atoms with Crippen molar-refractivity contribution in [2.45, 2.75) is 39.3 Å². The van der Waals surface area contributed by atoms with Crippen LogP contribution in [0.15, 0.2) is 42.7 Å². The Kier molecular flexibility index (Phi) is 3.92. The molecule has 0 fully saturated rings. The van der Waals surface area contributed by atoms with Crippen molar-refractivity contribution >= 4 is 11.6 Å². The van der Waals surface area contributed by atoms with Gasteiger partial charge < -0.3 is 14.5 Å². The van der Waals surface area contributed by atoms with E-state index in [-0.39, 0.29) is 12.0 Å². The Morgan fingerprint density at radius 1 is 1.40 bits per heavy atom. The molecule has 0 saturated carbocycles. The number of nitrogens with one attached hydrogen (secondary N) is 1. The second-order valence-corrected chi connectivity index (χ2v) is 6.66. The molecule has 25 heavy (non-hydrogen) atoms. The van der Waals surface area contributed by atoms with E-state index in [9.17, 15) is 4.79 Å². The summed E-state index contributed by atoms with van der Waals surface area (Å²) in [5.74, 6) is 0.956. The van der Waals surface area contributed by atoms with Crippen molar-refractivity contribution in [1.29, 1.82) is 0 Å². The van der Waals surface area contributed by atoms with E-state index in [0.717, 1.165) is 34.6 Å². The summed E-state index contributed by atoms with van der Waals surface area (Å²) in [5.41, 5.74) is 5.21. The van der Waals surface area contributed by atoms with E-state index in [1.807, 2.05) is 41.8 Å². The minimum absolute atomic E-state index is 0.00609. The first kappa shape index (κ1) is 15.7. The number of aryl methyl sites for hydroxylation is 1. The first-order valence-corrected chi connectivity index (χ1v) is 8.57. The van der Waals surface area contributed by atoms with E-state index in [2.05, 4.69) is 23.3 Å². The zero-order valence-electron chi connectivity index (χ0n) is 14.5. The number of hydrogen-bond acceptors (Lipinski definition) is 3. The van der Waals surface area contributed by atoms with Crippen molar-refractivity contribution < 1.29 is 9.53 Å². The fourth-order valence-electron chi connectivity index (χ4n) is 3.35. The summed E-state index contributed by atoms with van der Waals surface area (Å²) in [6, 6.07) is 10.1. The van der Waals surface area contributed by atoms with Crippen LogP contribution in [0.3, 0.4) is 0 Å². The molecule has 1 N–H and O–H groups in total. The summed E-state index contributed by atoms with van der Waals surface area (Å²) in [4.78, 5) is 16.7. The van der Waals surface area contributed by atoms with E-state index in [1.54, 1.807) is 6.20 Å². The van der Waals surface area contributed by atoms with E-state index >= 15 is 0 Å². The molecule has 4 rings (SSSR count). The first-order valence-electron chi connectivity index (χ1n) is 8.57. The first-order chi connectivity index (χ1) is 12.1. The molecular formula is C20H21N3O2. The molecule has 0 aliphatic carbocycles. The lowest BCUT2D eigenvalue weighted by Crippen LogP contribution is -2.25. The number of benzene rings is 1. The lowest BCUT2D eigenvalue weighted by Gasteiger charge is -2.07. The highest BCUT2D eigenvalue weighted by molar-refractivity contribution is 5.78. The highest BCUT2D eigenvalue weighted by Gasteiger charge is 2.19. The van der Waals surface area contributed by atoms with Gasteiger partial charge in [0.15, 0.2) is 0 Å². The summed E-state index contributed by atoms with van der Waals surface area (Å²) in [6.07, 6.45) is 5.20. The maximum Gasteiger partial charge on any atom is 0.226 e. The topological polar surface area (TPSA) is 55.6 Å². The van der Waals surface area contributed by atoms with Crippen LogP contribution >= 0.6 is 0 Å². The quantitative estimate of drug-likeness (QED) is 0.798. The van der Waals surface area contributed by atoms with Crippen molar-refractivity contribution in [3.63, 3.8) is 0 Å². The molecule has 1 atom stereocenters. The van der Waals surface area contributed by atoms with Crippen LogP contribution in [0.4, 0.5) is 0 Å². The monoisotopic (exact) mass is 335 g/mol. The second kappa shape index (κ2) is 6.24. The smallest absolute Gasteiger partial charge is 0.226 e. The molecule has 3 heterocycles. The summed E-state index contributed by atoms with van der Waals surface area (Å²) in [5, 5.41) is 3.00. The largest absolute Gasteiger partial charge is 0.490 e. The average Bonchev–Trinajstić information content (AvgIpc) is 3.16. The summed E-state index contributed by atoms with van der Waals surface area (Å²) >= 11 is 0. The van der Waals surface area contributed by atoms with Crippen molar-refractivity contribution in [3.05, 3.63) is 65.1 Å². The molecule has 2 aromatic heterocycles. The van der Waals surface area contributed by atoms with E-state index in [4.69, 9.17) is 4.74 Å². The van der Waals surface area contributed by atoms with Gasteiger partial charge in [-0.05, 0) is 42.7 Å². The van der Waals surface area contributed by atoms with Gasteiger partial charge in [0, 0.05) is 25.4 Å². The highest BCUT2D eigenvalue weighted by atomic mass is 16.5. The fourth-order valence-corrected chi connectivity index (χ4v) is 3.35. The molecule has 0 saturated heterocycles. The van der Waals surface area contributed by atoms with Gasteiger partial charge in [0.2, 0.25) is 5.91 Å². The van der Waals surface area contributed by atoms with E-state index in [0.29, 0.717) is 13.0 Å². The number of ether oxygens (including phenoxy) is 1. The van der Waals surface area contributed by atoms with Gasteiger partial charge in [-0.3, -0.25) is 4.79 Å². The molecule has 1 aliphatic heterocycles. The molecule has 1 aromatic carbocycles. The Hall–Kier alpha value is -2.82. The van der Waals surface area contributed by atoms with Crippen LogP contribution in [0.5, 0.6) is 5.75 Å². The van der Waals surface area contributed by atoms with Crippen LogP contribution in [0.25, 0.3) is 5.65 Å². The van der Waals surface area contributed by atoms with Crippen molar-refractivity contribution in [3.8, 4) is 5.75 Å². The normalized spacial score (nSPS) is 15.8. The van der Waals surface area contributed by atoms with Crippen LogP contribution in [0.2, 0.25) is 0 Å². The van der Waals surface area contributed by atoms with Crippen LogP contribution in [0.1, 0.15) is 29.3 Å². The molecule has 128 valence electrons. The number of imidazole rings is 1. The Bertz CT molecular complexity index is 945. The predicted molar refractivity (Wildman–Crippen MR) is 95.7 cm³/mol. The molecule has 0 unspecified atom stereocenters. The maximum absolute atomic E-state index is 12.3. The third-order valence-electron chi connectivity index (χ3n) is 4.60. The minimum atomic E-state index is -0.00609. The van der Waals surface area contributed by atoms with Gasteiger partial charge >= 0.3 is 0 Å². The molecule has 0 radical (unpaired) electrons. The summed E-state index contributed by atoms with van der Waals surface area (Å²) < 4.78 is 7.69. The third kappa shape index (κ3) is 3.09. The van der Waals surface area contributed by atoms with Gasteiger partial charge in [0.1, 0.15) is 17.5 Å². The van der Waals surface area contributed by atoms with Gasteiger partial charge in [0.25, 0.3) is 0 Å². The van der Waals surface area contributed by atoms with Gasteiger partial charge in [-0.1, -0.05) is 18.2 Å². The maximum atomic E-state index is 12.3. The number of hydrogen-bond donors (Lipinski definition) is 1. The second-order valence-electron chi connectivity index (χ2n) is 6.66. The zero-order chi connectivity index (χ0) is 17.4. The fraction of sp³-hybridized carbons (Fsp3) is 0.300. The Balaban J connectivity index is 1.41. The van der Waals surface area contributed by atoms with Gasteiger partial charge in [-0.25, -0.2) is 4.98 Å². The average molecular weight is 335 g/mol. The number of nitrogens with zero attached hydrogens (tertiary/aromatic N) is 2.